The van der Waals surface area contributed by atoms with Crippen LogP contribution >= 0.6 is 0 Å². The van der Waals surface area contributed by atoms with E-state index in [1.807, 2.05) is 6.08 Å². The Bertz CT molecular complexity index is 301. The molecule has 2 nitrogen and oxygen atoms in total. The number of allylic oxidation sites excluding steroid dienone is 3. The number of carbonyl (C=O) groups excluding carboxylic acids is 1. The van der Waals surface area contributed by atoms with E-state index >= 15 is 0 Å². The largest absolute Gasteiger partial charge is 0.431 e. The number of esters is 1. The van der Waals surface area contributed by atoms with Crippen molar-refractivity contribution in [3.05, 3.63) is 24.0 Å². The van der Waals surface area contributed by atoms with Gasteiger partial charge in [-0.3, -0.25) is 4.79 Å². The summed E-state index contributed by atoms with van der Waals surface area (Å²) in [6.07, 6.45) is 6.31. The van der Waals surface area contributed by atoms with Crippen molar-refractivity contribution in [3.8, 4) is 0 Å². The molecule has 2 unspecified atom stereocenters. The van der Waals surface area contributed by atoms with Gasteiger partial charge in [0.05, 0.1) is 0 Å². The van der Waals surface area contributed by atoms with Crippen molar-refractivity contribution in [2.24, 2.45) is 11.8 Å². The Balaban J connectivity index is 2.17. The Kier molecular flexibility index (Phi) is 2.44. The van der Waals surface area contributed by atoms with Crippen LogP contribution in [0.1, 0.15) is 32.6 Å². The van der Waals surface area contributed by atoms with Crippen LogP contribution in [0.4, 0.5) is 0 Å². The summed E-state index contributed by atoms with van der Waals surface area (Å²) in [7, 11) is 0. The number of ether oxygens (including phenoxy) is 1. The maximum Gasteiger partial charge on any atom is 0.307 e. The molecule has 0 aromatic rings. The molecule has 2 rings (SSSR count). The summed E-state index contributed by atoms with van der Waals surface area (Å²) in [6, 6.07) is 0. The van der Waals surface area contributed by atoms with Gasteiger partial charge in [-0.15, -0.1) is 6.58 Å². The second-order valence-electron chi connectivity index (χ2n) is 4.20. The van der Waals surface area contributed by atoms with Crippen LogP contribution < -0.4 is 0 Å². The maximum absolute atomic E-state index is 10.9. The van der Waals surface area contributed by atoms with Crippen LogP contribution in [-0.4, -0.2) is 5.97 Å². The lowest BCUT2D eigenvalue weighted by Gasteiger charge is -2.17. The highest BCUT2D eigenvalue weighted by molar-refractivity contribution is 5.67. The lowest BCUT2D eigenvalue weighted by atomic mass is 9.95. The first-order valence-electron chi connectivity index (χ1n) is 5.23. The highest BCUT2D eigenvalue weighted by Gasteiger charge is 2.45. The van der Waals surface area contributed by atoms with E-state index in [4.69, 9.17) is 4.74 Å². The molecule has 0 saturated heterocycles. The number of hydrogen-bond acceptors (Lipinski definition) is 2. The lowest BCUT2D eigenvalue weighted by Crippen LogP contribution is -2.09. The van der Waals surface area contributed by atoms with Gasteiger partial charge in [0.1, 0.15) is 5.76 Å². The predicted molar refractivity (Wildman–Crippen MR) is 54.4 cm³/mol. The molecule has 1 fully saturated rings. The molecule has 0 radical (unpaired) electrons. The number of carbonyl (C=O) groups is 1. The molecule has 0 aromatic heterocycles. The van der Waals surface area contributed by atoms with Gasteiger partial charge in [-0.25, -0.2) is 0 Å². The molecule has 2 aliphatic rings. The molecule has 1 saturated carbocycles. The maximum atomic E-state index is 10.9. The van der Waals surface area contributed by atoms with Crippen molar-refractivity contribution in [2.45, 2.75) is 32.6 Å². The minimum absolute atomic E-state index is 0.186. The highest BCUT2D eigenvalue weighted by atomic mass is 16.5. The van der Waals surface area contributed by atoms with Crippen molar-refractivity contribution in [2.75, 3.05) is 0 Å². The molecule has 0 aliphatic heterocycles. The summed E-state index contributed by atoms with van der Waals surface area (Å²) in [5.41, 5.74) is 1.29. The molecule has 14 heavy (non-hydrogen) atoms. The molecule has 76 valence electrons. The molecular weight excluding hydrogens is 176 g/mol. The predicted octanol–water partition coefficient (Wildman–Crippen LogP) is 2.81. The summed E-state index contributed by atoms with van der Waals surface area (Å²) in [4.78, 5) is 10.9. The van der Waals surface area contributed by atoms with Crippen LogP contribution in [0.2, 0.25) is 0 Å². The first-order valence-corrected chi connectivity index (χ1v) is 5.23. The van der Waals surface area contributed by atoms with E-state index < -0.39 is 0 Å². The molecule has 0 spiro atoms. The zero-order chi connectivity index (χ0) is 10.1. The van der Waals surface area contributed by atoms with Gasteiger partial charge in [-0.1, -0.05) is 6.08 Å². The van der Waals surface area contributed by atoms with E-state index in [2.05, 4.69) is 6.58 Å². The molecule has 0 amide bonds. The van der Waals surface area contributed by atoms with Gasteiger partial charge < -0.3 is 4.74 Å². The highest BCUT2D eigenvalue weighted by Crippen LogP contribution is 2.53. The van der Waals surface area contributed by atoms with Crippen molar-refractivity contribution in [1.82, 2.24) is 0 Å². The van der Waals surface area contributed by atoms with Crippen LogP contribution in [0, 0.1) is 11.8 Å². The standard InChI is InChI=1S/C12H16O2/c1-3-4-9-5-6-10-7-11(10)12(9)14-8(2)13/h3,10-11H,1,4-7H2,2H3. The normalized spacial score (nSPS) is 29.5. The van der Waals surface area contributed by atoms with Crippen LogP contribution in [0.3, 0.4) is 0 Å². The van der Waals surface area contributed by atoms with E-state index in [-0.39, 0.29) is 5.97 Å². The zero-order valence-corrected chi connectivity index (χ0v) is 8.58. The van der Waals surface area contributed by atoms with E-state index in [1.165, 1.54) is 25.3 Å². The Morgan fingerprint density at radius 3 is 3.14 bits per heavy atom. The molecule has 0 aromatic carbocycles. The van der Waals surface area contributed by atoms with Crippen LogP contribution in [0.5, 0.6) is 0 Å². The lowest BCUT2D eigenvalue weighted by molar-refractivity contribution is -0.137. The van der Waals surface area contributed by atoms with Crippen molar-refractivity contribution in [1.29, 1.82) is 0 Å². The number of fused-ring (bicyclic) bond motifs is 1. The molecule has 2 aliphatic carbocycles. The topological polar surface area (TPSA) is 26.3 Å². The summed E-state index contributed by atoms with van der Waals surface area (Å²) < 4.78 is 5.30. The summed E-state index contributed by atoms with van der Waals surface area (Å²) >= 11 is 0. The van der Waals surface area contributed by atoms with Gasteiger partial charge in [0.2, 0.25) is 0 Å². The van der Waals surface area contributed by atoms with Gasteiger partial charge in [-0.2, -0.15) is 0 Å². The summed E-state index contributed by atoms with van der Waals surface area (Å²) in [5, 5.41) is 0. The van der Waals surface area contributed by atoms with Gasteiger partial charge in [0.25, 0.3) is 0 Å². The fourth-order valence-electron chi connectivity index (χ4n) is 2.31. The second-order valence-corrected chi connectivity index (χ2v) is 4.20. The first kappa shape index (κ1) is 9.50. The number of rotatable bonds is 3. The molecule has 0 N–H and O–H groups in total. The Labute approximate surface area is 84.6 Å². The molecule has 2 heteroatoms. The fraction of sp³-hybridized carbons (Fsp3) is 0.583. The second kappa shape index (κ2) is 3.60. The minimum atomic E-state index is -0.186. The first-order chi connectivity index (χ1) is 6.72. The van der Waals surface area contributed by atoms with Crippen molar-refractivity contribution >= 4 is 5.97 Å². The van der Waals surface area contributed by atoms with Gasteiger partial charge in [-0.05, 0) is 37.2 Å². The molecule has 0 bridgehead atoms. The third-order valence-electron chi connectivity index (χ3n) is 3.07. The fourth-order valence-corrected chi connectivity index (χ4v) is 2.31. The minimum Gasteiger partial charge on any atom is -0.431 e. The number of hydrogen-bond donors (Lipinski definition) is 0. The van der Waals surface area contributed by atoms with Crippen LogP contribution in [-0.2, 0) is 9.53 Å². The summed E-state index contributed by atoms with van der Waals surface area (Å²) in [5.74, 6) is 2.11. The van der Waals surface area contributed by atoms with Crippen molar-refractivity contribution < 1.29 is 9.53 Å². The Hall–Kier alpha value is -1.05. The van der Waals surface area contributed by atoms with Gasteiger partial charge in [0.15, 0.2) is 0 Å². The van der Waals surface area contributed by atoms with E-state index in [0.29, 0.717) is 5.92 Å². The van der Waals surface area contributed by atoms with Gasteiger partial charge >= 0.3 is 5.97 Å². The van der Waals surface area contributed by atoms with E-state index in [0.717, 1.165) is 24.5 Å². The summed E-state index contributed by atoms with van der Waals surface area (Å²) in [6.45, 7) is 5.21. The van der Waals surface area contributed by atoms with Crippen molar-refractivity contribution in [3.63, 3.8) is 0 Å². The third-order valence-corrected chi connectivity index (χ3v) is 3.07. The Morgan fingerprint density at radius 1 is 1.71 bits per heavy atom. The molecule has 2 atom stereocenters. The average molecular weight is 192 g/mol. The van der Waals surface area contributed by atoms with E-state index in [1.54, 1.807) is 0 Å². The monoisotopic (exact) mass is 192 g/mol. The average Bonchev–Trinajstić information content (AvgIpc) is 2.87. The molecular formula is C12H16O2. The Morgan fingerprint density at radius 2 is 2.50 bits per heavy atom. The third kappa shape index (κ3) is 1.74. The SMILES string of the molecule is C=CCC1=C(OC(C)=O)C2CC2CC1. The van der Waals surface area contributed by atoms with Crippen LogP contribution in [0.25, 0.3) is 0 Å². The van der Waals surface area contributed by atoms with Gasteiger partial charge in [0, 0.05) is 12.8 Å². The van der Waals surface area contributed by atoms with E-state index in [9.17, 15) is 4.79 Å². The quantitative estimate of drug-likeness (QED) is 0.507. The molecule has 0 heterocycles. The van der Waals surface area contributed by atoms with Crippen LogP contribution in [0.15, 0.2) is 24.0 Å². The zero-order valence-electron chi connectivity index (χ0n) is 8.58. The smallest absolute Gasteiger partial charge is 0.307 e.